The first-order valence-corrected chi connectivity index (χ1v) is 11.7. The van der Waals surface area contributed by atoms with Crippen molar-refractivity contribution in [2.75, 3.05) is 43.4 Å². The van der Waals surface area contributed by atoms with Crippen LogP contribution in [0.1, 0.15) is 48.4 Å². The number of carbonyl (C=O) groups excluding carboxylic acids is 2. The van der Waals surface area contributed by atoms with Crippen molar-refractivity contribution in [2.45, 2.75) is 45.1 Å². The van der Waals surface area contributed by atoms with Crippen molar-refractivity contribution in [1.29, 1.82) is 0 Å². The highest BCUT2D eigenvalue weighted by molar-refractivity contribution is 6.39. The number of hydrogen-bond acceptors (Lipinski definition) is 4. The second-order valence-corrected chi connectivity index (χ2v) is 9.06. The summed E-state index contributed by atoms with van der Waals surface area (Å²) < 4.78 is 0. The van der Waals surface area contributed by atoms with Crippen molar-refractivity contribution in [3.63, 3.8) is 0 Å². The molecule has 0 bridgehead atoms. The van der Waals surface area contributed by atoms with Gasteiger partial charge in [-0.05, 0) is 80.6 Å². The van der Waals surface area contributed by atoms with Gasteiger partial charge in [0.15, 0.2) is 0 Å². The van der Waals surface area contributed by atoms with Crippen molar-refractivity contribution < 1.29 is 9.59 Å². The molecule has 170 valence electrons. The van der Waals surface area contributed by atoms with Crippen LogP contribution in [0.4, 0.5) is 11.4 Å². The zero-order valence-corrected chi connectivity index (χ0v) is 19.2. The Hall–Kier alpha value is -2.86. The monoisotopic (exact) mass is 434 g/mol. The minimum absolute atomic E-state index is 0.0727. The van der Waals surface area contributed by atoms with Crippen molar-refractivity contribution in [2.24, 2.45) is 0 Å². The van der Waals surface area contributed by atoms with Crippen LogP contribution in [0.5, 0.6) is 0 Å². The van der Waals surface area contributed by atoms with Crippen LogP contribution in [-0.2, 0) is 16.0 Å². The molecule has 2 aromatic rings. The van der Waals surface area contributed by atoms with Gasteiger partial charge in [-0.2, -0.15) is 0 Å². The number of benzene rings is 2. The summed E-state index contributed by atoms with van der Waals surface area (Å²) in [4.78, 5) is 29.8. The maximum absolute atomic E-state index is 12.6. The van der Waals surface area contributed by atoms with Gasteiger partial charge in [0, 0.05) is 31.5 Å². The summed E-state index contributed by atoms with van der Waals surface area (Å²) in [5.41, 5.74) is 5.57. The van der Waals surface area contributed by atoms with E-state index in [0.29, 0.717) is 12.2 Å². The molecule has 4 rings (SSSR count). The molecule has 2 N–H and O–H groups in total. The molecule has 0 spiro atoms. The zero-order valence-electron chi connectivity index (χ0n) is 19.2. The van der Waals surface area contributed by atoms with Crippen LogP contribution in [0.2, 0.25) is 0 Å². The van der Waals surface area contributed by atoms with Crippen molar-refractivity contribution in [3.8, 4) is 0 Å². The maximum atomic E-state index is 12.6. The molecule has 0 radical (unpaired) electrons. The van der Waals surface area contributed by atoms with Gasteiger partial charge in [0.1, 0.15) is 0 Å². The van der Waals surface area contributed by atoms with Crippen molar-refractivity contribution >= 4 is 23.2 Å². The molecule has 1 fully saturated rings. The van der Waals surface area contributed by atoms with Gasteiger partial charge >= 0.3 is 11.8 Å². The van der Waals surface area contributed by atoms with Crippen LogP contribution in [-0.4, -0.2) is 49.9 Å². The van der Waals surface area contributed by atoms with E-state index < -0.39 is 11.8 Å². The van der Waals surface area contributed by atoms with E-state index in [2.05, 4.69) is 45.7 Å². The Morgan fingerprint density at radius 3 is 2.56 bits per heavy atom. The molecule has 32 heavy (non-hydrogen) atoms. The highest BCUT2D eigenvalue weighted by Gasteiger charge is 2.26. The summed E-state index contributed by atoms with van der Waals surface area (Å²) in [5, 5.41) is 5.60. The van der Waals surface area contributed by atoms with Crippen LogP contribution in [0.3, 0.4) is 0 Å². The van der Waals surface area contributed by atoms with Crippen LogP contribution in [0, 0.1) is 6.92 Å². The fourth-order valence-electron chi connectivity index (χ4n) is 4.88. The Morgan fingerprint density at radius 1 is 0.969 bits per heavy atom. The molecule has 2 heterocycles. The van der Waals surface area contributed by atoms with Crippen LogP contribution >= 0.6 is 0 Å². The quantitative estimate of drug-likeness (QED) is 0.705. The lowest BCUT2D eigenvalue weighted by molar-refractivity contribution is -0.136. The molecule has 2 aromatic carbocycles. The number of hydrogen-bond donors (Lipinski definition) is 2. The van der Waals surface area contributed by atoms with E-state index in [1.165, 1.54) is 36.1 Å². The predicted molar refractivity (Wildman–Crippen MR) is 129 cm³/mol. The molecule has 1 unspecified atom stereocenters. The standard InChI is InChI=1S/C26H34N4O2/c1-19-8-6-10-22(16-19)28-26(32)25(31)27-18-24(30-14-4-3-5-15-30)21-11-12-23-20(17-21)9-7-13-29(23)2/h6,8,10-12,16-17,24H,3-5,7,9,13-15,18H2,1-2H3,(H,27,31)(H,28,32). The Balaban J connectivity index is 1.46. The molecular weight excluding hydrogens is 400 g/mol. The summed E-state index contributed by atoms with van der Waals surface area (Å²) in [6, 6.07) is 14.3. The summed E-state index contributed by atoms with van der Waals surface area (Å²) in [6.07, 6.45) is 5.85. The number of rotatable bonds is 5. The molecule has 2 amide bonds. The number of carbonyl (C=O) groups is 2. The van der Waals surface area contributed by atoms with Gasteiger partial charge in [0.05, 0.1) is 6.04 Å². The molecule has 1 saturated heterocycles. The van der Waals surface area contributed by atoms with Gasteiger partial charge in [-0.25, -0.2) is 0 Å². The average Bonchev–Trinajstić information content (AvgIpc) is 2.80. The van der Waals surface area contributed by atoms with Crippen LogP contribution < -0.4 is 15.5 Å². The Bertz CT molecular complexity index is 968. The van der Waals surface area contributed by atoms with E-state index >= 15 is 0 Å². The van der Waals surface area contributed by atoms with Crippen LogP contribution in [0.25, 0.3) is 0 Å². The minimum atomic E-state index is -0.625. The molecule has 6 nitrogen and oxygen atoms in total. The Labute approximate surface area is 191 Å². The summed E-state index contributed by atoms with van der Waals surface area (Å²) >= 11 is 0. The Morgan fingerprint density at radius 2 is 1.78 bits per heavy atom. The SMILES string of the molecule is Cc1cccc(NC(=O)C(=O)NCC(c2ccc3c(c2)CCCN3C)N2CCCCC2)c1. The molecular formula is C26H34N4O2. The fourth-order valence-corrected chi connectivity index (χ4v) is 4.88. The first-order valence-electron chi connectivity index (χ1n) is 11.7. The minimum Gasteiger partial charge on any atom is -0.374 e. The van der Waals surface area contributed by atoms with E-state index in [0.717, 1.165) is 38.0 Å². The van der Waals surface area contributed by atoms with E-state index in [1.54, 1.807) is 6.07 Å². The average molecular weight is 435 g/mol. The summed E-state index contributed by atoms with van der Waals surface area (Å²) in [6.45, 7) is 5.51. The molecule has 0 aliphatic carbocycles. The lowest BCUT2D eigenvalue weighted by atomic mass is 9.95. The van der Waals surface area contributed by atoms with Gasteiger partial charge in [-0.3, -0.25) is 14.5 Å². The molecule has 2 aliphatic heterocycles. The third kappa shape index (κ3) is 5.30. The van der Waals surface area contributed by atoms with Crippen LogP contribution in [0.15, 0.2) is 42.5 Å². The van der Waals surface area contributed by atoms with Gasteiger partial charge < -0.3 is 15.5 Å². The Kier molecular flexibility index (Phi) is 7.10. The third-order valence-corrected chi connectivity index (χ3v) is 6.61. The first kappa shape index (κ1) is 22.3. The summed E-state index contributed by atoms with van der Waals surface area (Å²) in [7, 11) is 2.15. The number of piperidine rings is 1. The molecule has 0 saturated carbocycles. The van der Waals surface area contributed by atoms with Gasteiger partial charge in [-0.1, -0.05) is 30.7 Å². The summed E-state index contributed by atoms with van der Waals surface area (Å²) in [5.74, 6) is -1.22. The molecule has 6 heteroatoms. The van der Waals surface area contributed by atoms with E-state index in [1.807, 2.05) is 25.1 Å². The lowest BCUT2D eigenvalue weighted by Crippen LogP contribution is -2.43. The highest BCUT2D eigenvalue weighted by atomic mass is 16.2. The fraction of sp³-hybridized carbons (Fsp3) is 0.462. The maximum Gasteiger partial charge on any atom is 0.313 e. The third-order valence-electron chi connectivity index (χ3n) is 6.61. The first-order chi connectivity index (χ1) is 15.5. The van der Waals surface area contributed by atoms with Gasteiger partial charge in [0.2, 0.25) is 0 Å². The predicted octanol–water partition coefficient (Wildman–Crippen LogP) is 3.66. The van der Waals surface area contributed by atoms with Crippen molar-refractivity contribution in [3.05, 3.63) is 59.2 Å². The second-order valence-electron chi connectivity index (χ2n) is 9.06. The zero-order chi connectivity index (χ0) is 22.5. The smallest absolute Gasteiger partial charge is 0.313 e. The van der Waals surface area contributed by atoms with Gasteiger partial charge in [-0.15, -0.1) is 0 Å². The number of aryl methyl sites for hydroxylation is 2. The number of likely N-dealkylation sites (tertiary alicyclic amines) is 1. The largest absolute Gasteiger partial charge is 0.374 e. The number of anilines is 2. The van der Waals surface area contributed by atoms with E-state index in [9.17, 15) is 9.59 Å². The second kappa shape index (κ2) is 10.2. The number of fused-ring (bicyclic) bond motifs is 1. The van der Waals surface area contributed by atoms with E-state index in [-0.39, 0.29) is 6.04 Å². The highest BCUT2D eigenvalue weighted by Crippen LogP contribution is 2.31. The number of nitrogens with one attached hydrogen (secondary N) is 2. The topological polar surface area (TPSA) is 64.7 Å². The van der Waals surface area contributed by atoms with E-state index in [4.69, 9.17) is 0 Å². The normalized spacial score (nSPS) is 17.4. The number of amides is 2. The lowest BCUT2D eigenvalue weighted by Gasteiger charge is -2.36. The molecule has 1 atom stereocenters. The van der Waals surface area contributed by atoms with Crippen molar-refractivity contribution in [1.82, 2.24) is 10.2 Å². The molecule has 2 aliphatic rings. The molecule has 0 aromatic heterocycles. The van der Waals surface area contributed by atoms with Gasteiger partial charge in [0.25, 0.3) is 0 Å². The number of nitrogens with zero attached hydrogens (tertiary/aromatic N) is 2.